The van der Waals surface area contributed by atoms with Gasteiger partial charge >= 0.3 is 0 Å². The zero-order chi connectivity index (χ0) is 23.8. The number of nitrogens with zero attached hydrogens (tertiary/aromatic N) is 1. The third-order valence-corrected chi connectivity index (χ3v) is 7.48. The van der Waals surface area contributed by atoms with Crippen molar-refractivity contribution in [3.63, 3.8) is 0 Å². The van der Waals surface area contributed by atoms with Crippen molar-refractivity contribution in [2.24, 2.45) is 5.92 Å². The summed E-state index contributed by atoms with van der Waals surface area (Å²) in [6.45, 7) is 4.13. The molecule has 0 aromatic heterocycles. The molecule has 1 aliphatic rings. The molecule has 2 aromatic carbocycles. The van der Waals surface area contributed by atoms with Gasteiger partial charge in [0.05, 0.1) is 4.90 Å². The van der Waals surface area contributed by atoms with Gasteiger partial charge < -0.3 is 15.5 Å². The number of halogens is 1. The maximum atomic E-state index is 13.2. The molecule has 1 fully saturated rings. The molecule has 0 saturated carbocycles. The van der Waals surface area contributed by atoms with Gasteiger partial charge in [-0.2, -0.15) is 4.72 Å². The van der Waals surface area contributed by atoms with Crippen LogP contribution < -0.4 is 15.4 Å². The molecule has 7 nitrogen and oxygen atoms in total. The number of rotatable bonds is 8. The molecule has 1 heterocycles. The van der Waals surface area contributed by atoms with Crippen LogP contribution in [0, 0.1) is 11.7 Å². The van der Waals surface area contributed by atoms with E-state index in [1.165, 1.54) is 24.3 Å². The Balaban J connectivity index is 1.73. The molecule has 0 radical (unpaired) electrons. The SMILES string of the molecule is CCNC(=S)N1CCC([C@H](NS(=O)(=O)c2ccccc2)C(=O)NCc2ccc(F)cc2)CC1. The van der Waals surface area contributed by atoms with E-state index in [1.807, 2.05) is 11.8 Å². The minimum Gasteiger partial charge on any atom is -0.363 e. The predicted octanol–water partition coefficient (Wildman–Crippen LogP) is 2.40. The second-order valence-electron chi connectivity index (χ2n) is 7.92. The number of carbonyl (C=O) groups is 1. The van der Waals surface area contributed by atoms with E-state index >= 15 is 0 Å². The highest BCUT2D eigenvalue weighted by molar-refractivity contribution is 7.89. The van der Waals surface area contributed by atoms with Crippen molar-refractivity contribution in [2.45, 2.75) is 37.2 Å². The molecule has 178 valence electrons. The Morgan fingerprint density at radius 2 is 1.73 bits per heavy atom. The lowest BCUT2D eigenvalue weighted by Gasteiger charge is -2.36. The van der Waals surface area contributed by atoms with E-state index in [9.17, 15) is 17.6 Å². The van der Waals surface area contributed by atoms with Crippen LogP contribution in [0.4, 0.5) is 4.39 Å². The molecule has 3 N–H and O–H groups in total. The van der Waals surface area contributed by atoms with Crippen LogP contribution in [0.1, 0.15) is 25.3 Å². The molecule has 1 atom stereocenters. The van der Waals surface area contributed by atoms with Crippen LogP contribution in [0.15, 0.2) is 59.5 Å². The van der Waals surface area contributed by atoms with Gasteiger partial charge in [0.15, 0.2) is 5.11 Å². The topological polar surface area (TPSA) is 90.5 Å². The summed E-state index contributed by atoms with van der Waals surface area (Å²) in [5, 5.41) is 6.59. The van der Waals surface area contributed by atoms with Gasteiger partial charge in [0, 0.05) is 26.2 Å². The van der Waals surface area contributed by atoms with E-state index in [2.05, 4.69) is 15.4 Å². The van der Waals surface area contributed by atoms with Crippen molar-refractivity contribution < 1.29 is 17.6 Å². The summed E-state index contributed by atoms with van der Waals surface area (Å²) in [4.78, 5) is 15.3. The lowest BCUT2D eigenvalue weighted by molar-refractivity contribution is -0.124. The third-order valence-electron chi connectivity index (χ3n) is 5.62. The van der Waals surface area contributed by atoms with E-state index < -0.39 is 22.0 Å². The van der Waals surface area contributed by atoms with Gasteiger partial charge in [-0.25, -0.2) is 12.8 Å². The fraction of sp³-hybridized carbons (Fsp3) is 0.391. The van der Waals surface area contributed by atoms with Crippen LogP contribution in [0.25, 0.3) is 0 Å². The van der Waals surface area contributed by atoms with Crippen molar-refractivity contribution >= 4 is 33.3 Å². The highest BCUT2D eigenvalue weighted by Gasteiger charge is 2.35. The predicted molar refractivity (Wildman–Crippen MR) is 129 cm³/mol. The smallest absolute Gasteiger partial charge is 0.241 e. The van der Waals surface area contributed by atoms with Gasteiger partial charge in [0.1, 0.15) is 11.9 Å². The first-order valence-electron chi connectivity index (χ1n) is 10.9. The van der Waals surface area contributed by atoms with E-state index in [0.29, 0.717) is 31.0 Å². The Labute approximate surface area is 199 Å². The van der Waals surface area contributed by atoms with Gasteiger partial charge in [0.25, 0.3) is 0 Å². The number of likely N-dealkylation sites (tertiary alicyclic amines) is 1. The highest BCUT2D eigenvalue weighted by atomic mass is 32.2. The number of sulfonamides is 1. The second kappa shape index (κ2) is 11.5. The van der Waals surface area contributed by atoms with Gasteiger partial charge in [-0.3, -0.25) is 4.79 Å². The number of amides is 1. The number of nitrogens with one attached hydrogen (secondary N) is 3. The number of carbonyl (C=O) groups excluding carboxylic acids is 1. The average Bonchev–Trinajstić information content (AvgIpc) is 2.83. The highest BCUT2D eigenvalue weighted by Crippen LogP contribution is 2.23. The van der Waals surface area contributed by atoms with Crippen LogP contribution in [0.3, 0.4) is 0 Å². The molecule has 0 bridgehead atoms. The van der Waals surface area contributed by atoms with Crippen molar-refractivity contribution in [3.05, 3.63) is 66.0 Å². The summed E-state index contributed by atoms with van der Waals surface area (Å²) in [5.74, 6) is -0.968. The first-order valence-corrected chi connectivity index (χ1v) is 12.8. The molecule has 1 aliphatic heterocycles. The summed E-state index contributed by atoms with van der Waals surface area (Å²) in [6.07, 6.45) is 1.22. The Kier molecular flexibility index (Phi) is 8.76. The van der Waals surface area contributed by atoms with Crippen LogP contribution in [-0.4, -0.2) is 50.0 Å². The fourth-order valence-corrected chi connectivity index (χ4v) is 5.41. The maximum absolute atomic E-state index is 13.2. The van der Waals surface area contributed by atoms with Crippen LogP contribution >= 0.6 is 12.2 Å². The van der Waals surface area contributed by atoms with Crippen molar-refractivity contribution in [2.75, 3.05) is 19.6 Å². The molecular weight excluding hydrogens is 463 g/mol. The lowest BCUT2D eigenvalue weighted by Crippen LogP contribution is -2.54. The van der Waals surface area contributed by atoms with Gasteiger partial charge in [0.2, 0.25) is 15.9 Å². The number of hydrogen-bond donors (Lipinski definition) is 3. The van der Waals surface area contributed by atoms with Crippen LogP contribution in [0.5, 0.6) is 0 Å². The van der Waals surface area contributed by atoms with E-state index in [0.717, 1.165) is 12.1 Å². The summed E-state index contributed by atoms with van der Waals surface area (Å²) >= 11 is 5.38. The van der Waals surface area contributed by atoms with E-state index in [1.54, 1.807) is 30.3 Å². The lowest BCUT2D eigenvalue weighted by atomic mass is 9.89. The zero-order valence-electron chi connectivity index (χ0n) is 18.5. The van der Waals surface area contributed by atoms with Gasteiger partial charge in [-0.1, -0.05) is 30.3 Å². The maximum Gasteiger partial charge on any atom is 0.241 e. The first-order chi connectivity index (χ1) is 15.8. The van der Waals surface area contributed by atoms with Crippen LogP contribution in [-0.2, 0) is 21.4 Å². The summed E-state index contributed by atoms with van der Waals surface area (Å²) < 4.78 is 41.8. The number of benzene rings is 2. The molecule has 0 unspecified atom stereocenters. The minimum atomic E-state index is -3.89. The molecule has 1 saturated heterocycles. The Morgan fingerprint density at radius 1 is 1.09 bits per heavy atom. The molecule has 3 rings (SSSR count). The Morgan fingerprint density at radius 3 is 2.33 bits per heavy atom. The molecule has 0 spiro atoms. The largest absolute Gasteiger partial charge is 0.363 e. The quantitative estimate of drug-likeness (QED) is 0.491. The standard InChI is InChI=1S/C23H29FN4O3S2/c1-2-25-23(32)28-14-12-18(13-15-28)21(27-33(30,31)20-6-4-3-5-7-20)22(29)26-16-17-8-10-19(24)11-9-17/h3-11,18,21,27H,2,12-16H2,1H3,(H,25,32)(H,26,29)/t21-/m0/s1. The minimum absolute atomic E-state index is 0.104. The van der Waals surface area contributed by atoms with E-state index in [-0.39, 0.29) is 23.2 Å². The Hall–Kier alpha value is -2.56. The fourth-order valence-electron chi connectivity index (χ4n) is 3.80. The summed E-state index contributed by atoms with van der Waals surface area (Å²) in [5.41, 5.74) is 0.722. The molecule has 10 heteroatoms. The van der Waals surface area contributed by atoms with Crippen molar-refractivity contribution in [1.82, 2.24) is 20.3 Å². The molecule has 0 aliphatic carbocycles. The van der Waals surface area contributed by atoms with Crippen molar-refractivity contribution in [1.29, 1.82) is 0 Å². The van der Waals surface area contributed by atoms with Crippen molar-refractivity contribution in [3.8, 4) is 0 Å². The zero-order valence-corrected chi connectivity index (χ0v) is 20.1. The number of hydrogen-bond acceptors (Lipinski definition) is 4. The normalized spacial score (nSPS) is 15.6. The second-order valence-corrected chi connectivity index (χ2v) is 10.0. The van der Waals surface area contributed by atoms with E-state index in [4.69, 9.17) is 12.2 Å². The molecular formula is C23H29FN4O3S2. The van der Waals surface area contributed by atoms with Gasteiger partial charge in [-0.15, -0.1) is 0 Å². The Bertz CT molecular complexity index is 1040. The average molecular weight is 493 g/mol. The number of piperidine rings is 1. The molecule has 2 aromatic rings. The molecule has 1 amide bonds. The summed E-state index contributed by atoms with van der Waals surface area (Å²) in [6, 6.07) is 12.9. The summed E-state index contributed by atoms with van der Waals surface area (Å²) in [7, 11) is -3.89. The molecule has 33 heavy (non-hydrogen) atoms. The monoisotopic (exact) mass is 492 g/mol. The number of thiocarbonyl (C=S) groups is 1. The third kappa shape index (κ3) is 6.96. The first kappa shape index (κ1) is 25.1. The van der Waals surface area contributed by atoms with Gasteiger partial charge in [-0.05, 0) is 67.7 Å². The van der Waals surface area contributed by atoms with Crippen LogP contribution in [0.2, 0.25) is 0 Å².